The SMILES string of the molecule is COC(=O)\C(C#N)=C/C=C/C=C/c1ccc(N(C)C)cc1. The third-order valence-electron chi connectivity index (χ3n) is 2.71. The quantitative estimate of drug-likeness (QED) is 0.360. The molecule has 1 aromatic rings. The average Bonchev–Trinajstić information content (AvgIpc) is 2.50. The molecule has 0 fully saturated rings. The van der Waals surface area contributed by atoms with Gasteiger partial charge in [-0.2, -0.15) is 5.26 Å². The Balaban J connectivity index is 2.66. The van der Waals surface area contributed by atoms with E-state index in [0.29, 0.717) is 0 Å². The number of hydrogen-bond acceptors (Lipinski definition) is 4. The fourth-order valence-corrected chi connectivity index (χ4v) is 1.53. The fourth-order valence-electron chi connectivity index (χ4n) is 1.53. The zero-order chi connectivity index (χ0) is 15.7. The van der Waals surface area contributed by atoms with Gasteiger partial charge in [0.25, 0.3) is 0 Å². The summed E-state index contributed by atoms with van der Waals surface area (Å²) in [6.45, 7) is 0. The van der Waals surface area contributed by atoms with Crippen molar-refractivity contribution in [2.45, 2.75) is 0 Å². The van der Waals surface area contributed by atoms with Crippen LogP contribution in [-0.2, 0) is 9.53 Å². The normalized spacial score (nSPS) is 11.6. The first-order valence-electron chi connectivity index (χ1n) is 6.39. The molecule has 4 nitrogen and oxygen atoms in total. The number of rotatable bonds is 5. The van der Waals surface area contributed by atoms with Gasteiger partial charge in [0.15, 0.2) is 0 Å². The molecule has 0 saturated heterocycles. The molecule has 0 atom stereocenters. The number of anilines is 1. The van der Waals surface area contributed by atoms with Crippen LogP contribution >= 0.6 is 0 Å². The van der Waals surface area contributed by atoms with E-state index in [1.807, 2.05) is 55.4 Å². The molecule has 0 amide bonds. The lowest BCUT2D eigenvalue weighted by Crippen LogP contribution is -2.07. The van der Waals surface area contributed by atoms with E-state index in [-0.39, 0.29) is 5.57 Å². The van der Waals surface area contributed by atoms with Crippen LogP contribution in [0, 0.1) is 11.3 Å². The Bertz CT molecular complexity index is 603. The van der Waals surface area contributed by atoms with Crippen LogP contribution in [0.25, 0.3) is 6.08 Å². The number of allylic oxidation sites excluding steroid dienone is 4. The summed E-state index contributed by atoms with van der Waals surface area (Å²) in [6.07, 6.45) is 8.58. The van der Waals surface area contributed by atoms with Crippen molar-refractivity contribution in [3.05, 3.63) is 59.7 Å². The Morgan fingerprint density at radius 3 is 2.38 bits per heavy atom. The summed E-state index contributed by atoms with van der Waals surface area (Å²) in [5, 5.41) is 8.76. The number of hydrogen-bond donors (Lipinski definition) is 0. The molecule has 0 N–H and O–H groups in total. The summed E-state index contributed by atoms with van der Waals surface area (Å²) in [6, 6.07) is 9.89. The van der Waals surface area contributed by atoms with E-state index in [1.165, 1.54) is 13.2 Å². The first-order valence-corrected chi connectivity index (χ1v) is 6.39. The predicted molar refractivity (Wildman–Crippen MR) is 84.7 cm³/mol. The van der Waals surface area contributed by atoms with Gasteiger partial charge in [-0.05, 0) is 23.8 Å². The standard InChI is InChI=1S/C17H18N2O2/c1-19(2)16-11-9-14(10-12-16)7-5-4-6-8-15(13-18)17(20)21-3/h4-12H,1-3H3/b6-4+,7-5+,15-8-. The zero-order valence-electron chi connectivity index (χ0n) is 12.4. The van der Waals surface area contributed by atoms with Crippen molar-refractivity contribution in [2.24, 2.45) is 0 Å². The number of methoxy groups -OCH3 is 1. The van der Waals surface area contributed by atoms with Crippen LogP contribution in [-0.4, -0.2) is 27.2 Å². The number of carbonyl (C=O) groups is 1. The number of nitrogens with zero attached hydrogens (tertiary/aromatic N) is 2. The second-order valence-electron chi connectivity index (χ2n) is 4.41. The van der Waals surface area contributed by atoms with E-state index >= 15 is 0 Å². The maximum absolute atomic E-state index is 11.1. The molecule has 0 unspecified atom stereocenters. The fraction of sp³-hybridized carbons (Fsp3) is 0.176. The van der Waals surface area contributed by atoms with Crippen LogP contribution in [0.4, 0.5) is 5.69 Å². The smallest absolute Gasteiger partial charge is 0.348 e. The van der Waals surface area contributed by atoms with Gasteiger partial charge in [-0.3, -0.25) is 0 Å². The maximum atomic E-state index is 11.1. The van der Waals surface area contributed by atoms with E-state index in [2.05, 4.69) is 4.74 Å². The van der Waals surface area contributed by atoms with Crippen molar-refractivity contribution < 1.29 is 9.53 Å². The lowest BCUT2D eigenvalue weighted by atomic mass is 10.2. The molecule has 0 radical (unpaired) electrons. The number of ether oxygens (including phenoxy) is 1. The Morgan fingerprint density at radius 2 is 1.86 bits per heavy atom. The summed E-state index contributed by atoms with van der Waals surface area (Å²) >= 11 is 0. The minimum Gasteiger partial charge on any atom is -0.465 e. The average molecular weight is 282 g/mol. The zero-order valence-corrected chi connectivity index (χ0v) is 12.4. The highest BCUT2D eigenvalue weighted by Gasteiger charge is 2.05. The highest BCUT2D eigenvalue weighted by atomic mass is 16.5. The third kappa shape index (κ3) is 5.37. The van der Waals surface area contributed by atoms with Gasteiger partial charge in [0.1, 0.15) is 11.6 Å². The molecule has 0 aliphatic heterocycles. The van der Waals surface area contributed by atoms with Gasteiger partial charge in [0, 0.05) is 19.8 Å². The summed E-state index contributed by atoms with van der Waals surface area (Å²) in [5.74, 6) is -0.634. The Morgan fingerprint density at radius 1 is 1.19 bits per heavy atom. The van der Waals surface area contributed by atoms with Crippen molar-refractivity contribution >= 4 is 17.7 Å². The van der Waals surface area contributed by atoms with E-state index in [4.69, 9.17) is 5.26 Å². The van der Waals surface area contributed by atoms with Crippen molar-refractivity contribution in [3.63, 3.8) is 0 Å². The highest BCUT2D eigenvalue weighted by Crippen LogP contribution is 2.13. The molecular weight excluding hydrogens is 264 g/mol. The summed E-state index contributed by atoms with van der Waals surface area (Å²) in [7, 11) is 5.23. The second-order valence-corrected chi connectivity index (χ2v) is 4.41. The van der Waals surface area contributed by atoms with Crippen molar-refractivity contribution in [2.75, 3.05) is 26.1 Å². The lowest BCUT2D eigenvalue weighted by molar-refractivity contribution is -0.135. The van der Waals surface area contributed by atoms with Crippen LogP contribution in [0.5, 0.6) is 0 Å². The molecular formula is C17H18N2O2. The summed E-state index contributed by atoms with van der Waals surface area (Å²) in [5.41, 5.74) is 2.18. The maximum Gasteiger partial charge on any atom is 0.348 e. The Kier molecular flexibility index (Phi) is 6.49. The first kappa shape index (κ1) is 16.3. The number of esters is 1. The molecule has 4 heteroatoms. The highest BCUT2D eigenvalue weighted by molar-refractivity contribution is 5.92. The molecule has 0 saturated carbocycles. The summed E-state index contributed by atoms with van der Waals surface area (Å²) in [4.78, 5) is 13.2. The van der Waals surface area contributed by atoms with Gasteiger partial charge in [-0.25, -0.2) is 4.79 Å². The monoisotopic (exact) mass is 282 g/mol. The molecule has 0 aromatic heterocycles. The number of nitriles is 1. The minimum atomic E-state index is -0.634. The topological polar surface area (TPSA) is 53.3 Å². The van der Waals surface area contributed by atoms with Crippen molar-refractivity contribution in [1.82, 2.24) is 0 Å². The van der Waals surface area contributed by atoms with Crippen LogP contribution in [0.2, 0.25) is 0 Å². The van der Waals surface area contributed by atoms with Gasteiger partial charge < -0.3 is 9.64 Å². The van der Waals surface area contributed by atoms with E-state index in [1.54, 1.807) is 18.2 Å². The molecule has 0 aliphatic rings. The first-order chi connectivity index (χ1) is 10.1. The van der Waals surface area contributed by atoms with Gasteiger partial charge >= 0.3 is 5.97 Å². The van der Waals surface area contributed by atoms with E-state index in [0.717, 1.165) is 11.3 Å². The van der Waals surface area contributed by atoms with E-state index < -0.39 is 5.97 Å². The van der Waals surface area contributed by atoms with Gasteiger partial charge in [0.05, 0.1) is 7.11 Å². The van der Waals surface area contributed by atoms with Gasteiger partial charge in [-0.15, -0.1) is 0 Å². The Labute approximate surface area is 125 Å². The largest absolute Gasteiger partial charge is 0.465 e. The number of carbonyl (C=O) groups excluding carboxylic acids is 1. The molecule has 1 aromatic carbocycles. The molecule has 108 valence electrons. The number of benzene rings is 1. The lowest BCUT2D eigenvalue weighted by Gasteiger charge is -2.11. The molecule has 21 heavy (non-hydrogen) atoms. The predicted octanol–water partition coefficient (Wildman–Crippen LogP) is 2.94. The minimum absolute atomic E-state index is 0.0301. The second kappa shape index (κ2) is 8.39. The summed E-state index contributed by atoms with van der Waals surface area (Å²) < 4.78 is 4.47. The third-order valence-corrected chi connectivity index (χ3v) is 2.71. The van der Waals surface area contributed by atoms with Crippen LogP contribution in [0.3, 0.4) is 0 Å². The van der Waals surface area contributed by atoms with Crippen LogP contribution in [0.15, 0.2) is 54.1 Å². The molecule has 0 spiro atoms. The van der Waals surface area contributed by atoms with Crippen molar-refractivity contribution in [3.8, 4) is 6.07 Å². The van der Waals surface area contributed by atoms with Crippen molar-refractivity contribution in [1.29, 1.82) is 5.26 Å². The molecule has 1 rings (SSSR count). The van der Waals surface area contributed by atoms with Crippen LogP contribution < -0.4 is 4.90 Å². The van der Waals surface area contributed by atoms with Gasteiger partial charge in [-0.1, -0.05) is 36.4 Å². The molecule has 0 aliphatic carbocycles. The molecule has 0 bridgehead atoms. The Hall–Kier alpha value is -2.80. The van der Waals surface area contributed by atoms with Gasteiger partial charge in [0.2, 0.25) is 0 Å². The molecule has 0 heterocycles. The van der Waals surface area contributed by atoms with E-state index in [9.17, 15) is 4.79 Å². The van der Waals surface area contributed by atoms with Crippen LogP contribution in [0.1, 0.15) is 5.56 Å².